The molecule has 0 unspecified atom stereocenters. The Balaban J connectivity index is 1.67. The molecule has 2 saturated heterocycles. The van der Waals surface area contributed by atoms with E-state index in [2.05, 4.69) is 15.8 Å². The molecule has 15 heteroatoms. The average molecular weight is 550 g/mol. The fourth-order valence-corrected chi connectivity index (χ4v) is 5.36. The lowest BCUT2D eigenvalue weighted by atomic mass is 9.96. The van der Waals surface area contributed by atoms with Crippen LogP contribution in [-0.2, 0) is 25.5 Å². The summed E-state index contributed by atoms with van der Waals surface area (Å²) in [5.74, 6) is -2.32. The first kappa shape index (κ1) is 26.8. The molecule has 39 heavy (non-hydrogen) atoms. The number of imide groups is 2. The summed E-state index contributed by atoms with van der Waals surface area (Å²) in [6, 6.07) is -1.11. The van der Waals surface area contributed by atoms with Crippen LogP contribution in [0.1, 0.15) is 32.3 Å². The molecule has 1 aromatic carbocycles. The van der Waals surface area contributed by atoms with Gasteiger partial charge in [0.25, 0.3) is 0 Å². The second-order valence-electron chi connectivity index (χ2n) is 9.85. The van der Waals surface area contributed by atoms with Crippen molar-refractivity contribution in [1.29, 1.82) is 0 Å². The Morgan fingerprint density at radius 3 is 2.67 bits per heavy atom. The molecule has 0 radical (unpaired) electrons. The Bertz CT molecular complexity index is 1330. The number of benzene rings is 1. The smallest absolute Gasteiger partial charge is 0.416 e. The normalized spacial score (nSPS) is 27.2. The summed E-state index contributed by atoms with van der Waals surface area (Å²) >= 11 is 0. The number of rotatable bonds is 3. The van der Waals surface area contributed by atoms with Gasteiger partial charge in [0.05, 0.1) is 35.9 Å². The molecule has 0 spiro atoms. The number of amides is 5. The van der Waals surface area contributed by atoms with Crippen LogP contribution in [0.5, 0.6) is 0 Å². The number of carbonyl (C=O) groups is 4. The number of aryl methyl sites for hydroxylation is 1. The highest BCUT2D eigenvalue weighted by Crippen LogP contribution is 2.41. The van der Waals surface area contributed by atoms with E-state index in [0.29, 0.717) is 5.56 Å². The molecule has 2 aromatic rings. The van der Waals surface area contributed by atoms with Crippen LogP contribution in [0, 0.1) is 5.82 Å². The summed E-state index contributed by atoms with van der Waals surface area (Å²) in [6.45, 7) is 2.85. The van der Waals surface area contributed by atoms with Gasteiger partial charge in [0.1, 0.15) is 18.8 Å². The van der Waals surface area contributed by atoms with E-state index in [1.54, 1.807) is 18.7 Å². The lowest BCUT2D eigenvalue weighted by Gasteiger charge is -2.44. The second kappa shape index (κ2) is 10.4. The minimum Gasteiger partial charge on any atom is -0.447 e. The molecule has 4 N–H and O–H groups in total. The lowest BCUT2D eigenvalue weighted by Crippen LogP contribution is -2.56. The second-order valence-corrected chi connectivity index (χ2v) is 9.85. The topological polar surface area (TPSA) is 184 Å². The number of morpholine rings is 1. The largest absolute Gasteiger partial charge is 0.447 e. The van der Waals surface area contributed by atoms with Crippen LogP contribution < -0.4 is 20.4 Å². The van der Waals surface area contributed by atoms with E-state index in [0.717, 1.165) is 4.90 Å². The molecule has 5 amide bonds. The Morgan fingerprint density at radius 1 is 1.18 bits per heavy atom. The maximum absolute atomic E-state index is 16.4. The summed E-state index contributed by atoms with van der Waals surface area (Å²) in [5.41, 5.74) is 0.134. The number of urea groups is 1. The zero-order chi connectivity index (χ0) is 28.0. The number of hydrogen-bond acceptors (Lipinski definition) is 11. The van der Waals surface area contributed by atoms with Crippen molar-refractivity contribution in [2.24, 2.45) is 0 Å². The number of hydrogen-bond donors (Lipinski definition) is 4. The Hall–Kier alpha value is -3.82. The number of fused-ring (bicyclic) bond motifs is 4. The number of anilines is 2. The first-order valence-corrected chi connectivity index (χ1v) is 12.5. The number of aliphatic hydroxyl groups is 2. The van der Waals surface area contributed by atoms with Crippen LogP contribution in [-0.4, -0.2) is 89.5 Å². The summed E-state index contributed by atoms with van der Waals surface area (Å²) < 4.78 is 32.7. The Kier molecular flexibility index (Phi) is 7.13. The molecular weight excluding hydrogens is 521 g/mol. The zero-order valence-electron chi connectivity index (χ0n) is 21.2. The van der Waals surface area contributed by atoms with Crippen molar-refractivity contribution < 1.29 is 47.8 Å². The van der Waals surface area contributed by atoms with Crippen LogP contribution in [0.2, 0.25) is 0 Å². The highest BCUT2D eigenvalue weighted by atomic mass is 19.1. The number of aromatic nitrogens is 1. The van der Waals surface area contributed by atoms with Gasteiger partial charge in [-0.05, 0) is 31.9 Å². The van der Waals surface area contributed by atoms with E-state index in [9.17, 15) is 29.4 Å². The maximum Gasteiger partial charge on any atom is 0.416 e. The number of cyclic esters (lactones) is 1. The molecule has 14 nitrogen and oxygen atoms in total. The summed E-state index contributed by atoms with van der Waals surface area (Å²) in [5, 5.41) is 27.8. The Morgan fingerprint density at radius 2 is 1.92 bits per heavy atom. The quantitative estimate of drug-likeness (QED) is 0.413. The van der Waals surface area contributed by atoms with Gasteiger partial charge in [0.2, 0.25) is 17.4 Å². The number of nitrogens with one attached hydrogen (secondary N) is 2. The van der Waals surface area contributed by atoms with E-state index >= 15 is 4.39 Å². The molecule has 4 heterocycles. The first-order chi connectivity index (χ1) is 18.6. The van der Waals surface area contributed by atoms with Crippen LogP contribution in [0.4, 0.5) is 25.5 Å². The molecule has 0 saturated carbocycles. The predicted octanol–water partition coefficient (Wildman–Crippen LogP) is 0.316. The van der Waals surface area contributed by atoms with Gasteiger partial charge in [0, 0.05) is 19.4 Å². The number of halogens is 1. The van der Waals surface area contributed by atoms with Crippen molar-refractivity contribution >= 4 is 46.4 Å². The maximum atomic E-state index is 16.4. The van der Waals surface area contributed by atoms with Gasteiger partial charge in [0.15, 0.2) is 11.6 Å². The van der Waals surface area contributed by atoms with Gasteiger partial charge < -0.3 is 29.1 Å². The predicted molar refractivity (Wildman–Crippen MR) is 130 cm³/mol. The third kappa shape index (κ3) is 4.88. The van der Waals surface area contributed by atoms with Crippen molar-refractivity contribution in [3.63, 3.8) is 0 Å². The standard InChI is InChI=1S/C24H28FN5O9/c1-10-7-29-14(11(2)38-10)6-18(34)27-23(35)26-17(33)4-3-12-5-13-21(19(25)20(12)29)39-28-22(13)30-15(16(32)8-31)9-37-24(30)36/h5,10-11,14-16,31-32H,3-4,6-9H2,1-2H3,(H2,26,27,33,34,35)/t10-,11+,14+,15-,16-/m1/s1. The molecular formula is C24H28FN5O9. The molecule has 0 aliphatic carbocycles. The van der Waals surface area contributed by atoms with Gasteiger partial charge in [-0.15, -0.1) is 0 Å². The van der Waals surface area contributed by atoms with Crippen molar-refractivity contribution in [1.82, 2.24) is 15.8 Å². The van der Waals surface area contributed by atoms with E-state index in [-0.39, 0.29) is 61.0 Å². The minimum absolute atomic E-state index is 0.0140. The van der Waals surface area contributed by atoms with Crippen molar-refractivity contribution in [3.05, 3.63) is 17.4 Å². The summed E-state index contributed by atoms with van der Waals surface area (Å²) in [7, 11) is 0. The monoisotopic (exact) mass is 549 g/mol. The SMILES string of the molecule is C[C@@H]1CN2c3c(cc4c(N5C(=O)OC[C@@H]5[C@H](O)CO)noc4c3F)CCC(=O)NC(=O)NC(=O)C[C@H]2[C@H](C)O1. The average Bonchev–Trinajstić information content (AvgIpc) is 3.46. The van der Waals surface area contributed by atoms with E-state index in [1.165, 1.54) is 6.07 Å². The third-order valence-electron chi connectivity index (χ3n) is 7.16. The van der Waals surface area contributed by atoms with Gasteiger partial charge in [-0.25, -0.2) is 18.9 Å². The lowest BCUT2D eigenvalue weighted by molar-refractivity contribution is -0.122. The highest BCUT2D eigenvalue weighted by molar-refractivity contribution is 6.03. The Labute approximate surface area is 221 Å². The number of nitrogens with zero attached hydrogens (tertiary/aromatic N) is 3. The highest BCUT2D eigenvalue weighted by Gasteiger charge is 2.43. The van der Waals surface area contributed by atoms with E-state index in [1.807, 2.05) is 0 Å². The van der Waals surface area contributed by atoms with Gasteiger partial charge in [-0.1, -0.05) is 5.16 Å². The van der Waals surface area contributed by atoms with Gasteiger partial charge in [-0.3, -0.25) is 20.2 Å². The fraction of sp³-hybridized carbons (Fsp3) is 0.542. The summed E-state index contributed by atoms with van der Waals surface area (Å²) in [6.07, 6.45) is -3.56. The number of aliphatic hydroxyl groups excluding tert-OH is 2. The summed E-state index contributed by atoms with van der Waals surface area (Å²) in [4.78, 5) is 52.4. The number of ether oxygens (including phenoxy) is 2. The van der Waals surface area contributed by atoms with E-state index in [4.69, 9.17) is 14.0 Å². The molecule has 5 rings (SSSR count). The first-order valence-electron chi connectivity index (χ1n) is 12.5. The molecule has 2 fully saturated rings. The molecule has 0 bridgehead atoms. The minimum atomic E-state index is -1.36. The van der Waals surface area contributed by atoms with Crippen molar-refractivity contribution in [2.45, 2.75) is 63.5 Å². The fourth-order valence-electron chi connectivity index (χ4n) is 5.36. The molecule has 210 valence electrons. The van der Waals surface area contributed by atoms with Crippen LogP contribution in [0.25, 0.3) is 11.0 Å². The van der Waals surface area contributed by atoms with Gasteiger partial charge >= 0.3 is 12.1 Å². The van der Waals surface area contributed by atoms with Crippen molar-refractivity contribution in [3.8, 4) is 0 Å². The van der Waals surface area contributed by atoms with E-state index < -0.39 is 60.7 Å². The van der Waals surface area contributed by atoms with Crippen LogP contribution in [0.15, 0.2) is 10.6 Å². The molecule has 1 aromatic heterocycles. The van der Waals surface area contributed by atoms with Crippen molar-refractivity contribution in [2.75, 3.05) is 29.6 Å². The third-order valence-corrected chi connectivity index (χ3v) is 7.16. The zero-order valence-corrected chi connectivity index (χ0v) is 21.2. The molecule has 3 aliphatic rings. The van der Waals surface area contributed by atoms with Crippen LogP contribution >= 0.6 is 0 Å². The van der Waals surface area contributed by atoms with Gasteiger partial charge in [-0.2, -0.15) is 0 Å². The molecule has 3 aliphatic heterocycles. The van der Waals surface area contributed by atoms with Crippen LogP contribution in [0.3, 0.4) is 0 Å². The number of carbonyl (C=O) groups excluding carboxylic acids is 4. The molecule has 5 atom stereocenters.